The molecule has 0 unspecified atom stereocenters. The molecule has 2 aromatic heterocycles. The molecule has 0 aliphatic heterocycles. The van der Waals surface area contributed by atoms with Crippen molar-refractivity contribution >= 4 is 0 Å². The first kappa shape index (κ1) is 17.7. The highest BCUT2D eigenvalue weighted by Crippen LogP contribution is 2.22. The quantitative estimate of drug-likeness (QED) is 0.682. The zero-order chi connectivity index (χ0) is 18.5. The third-order valence-electron chi connectivity index (χ3n) is 4.21. The molecule has 2 heterocycles. The second kappa shape index (κ2) is 7.82. The highest BCUT2D eigenvalue weighted by molar-refractivity contribution is 5.31. The highest BCUT2D eigenvalue weighted by Gasteiger charge is 2.13. The van der Waals surface area contributed by atoms with Crippen LogP contribution in [0.1, 0.15) is 30.0 Å². The summed E-state index contributed by atoms with van der Waals surface area (Å²) in [6.45, 7) is 4.11. The Morgan fingerprint density at radius 3 is 2.38 bits per heavy atom. The molecule has 0 fully saturated rings. The summed E-state index contributed by atoms with van der Waals surface area (Å²) < 4.78 is 12.6. The number of methoxy groups -OCH3 is 1. The number of hydrogen-bond acceptors (Lipinski definition) is 5. The number of rotatable bonds is 6. The van der Waals surface area contributed by atoms with E-state index in [2.05, 4.69) is 9.97 Å². The molecule has 1 aromatic carbocycles. The summed E-state index contributed by atoms with van der Waals surface area (Å²) in [4.78, 5) is 20.9. The monoisotopic (exact) mass is 351 g/mol. The van der Waals surface area contributed by atoms with Crippen molar-refractivity contribution in [1.82, 2.24) is 14.5 Å². The largest absolute Gasteiger partial charge is 0.497 e. The second-order valence-electron chi connectivity index (χ2n) is 5.94. The van der Waals surface area contributed by atoms with Crippen LogP contribution < -0.4 is 15.0 Å². The van der Waals surface area contributed by atoms with Gasteiger partial charge in [-0.2, -0.15) is 0 Å². The van der Waals surface area contributed by atoms with Gasteiger partial charge in [-0.3, -0.25) is 4.79 Å². The molecule has 6 heteroatoms. The fraction of sp³-hybridized carbons (Fsp3) is 0.250. The maximum atomic E-state index is 12.6. The average molecular weight is 351 g/mol. The summed E-state index contributed by atoms with van der Waals surface area (Å²) in [5, 5.41) is 0. The number of aromatic nitrogens is 3. The van der Waals surface area contributed by atoms with Crippen molar-refractivity contribution in [2.24, 2.45) is 0 Å². The van der Waals surface area contributed by atoms with Crippen LogP contribution in [-0.4, -0.2) is 21.6 Å². The molecule has 134 valence electrons. The minimum atomic E-state index is -0.114. The molecular weight excluding hydrogens is 330 g/mol. The fourth-order valence-corrected chi connectivity index (χ4v) is 2.85. The first-order chi connectivity index (χ1) is 12.6. The van der Waals surface area contributed by atoms with Gasteiger partial charge in [0.15, 0.2) is 5.82 Å². The molecule has 26 heavy (non-hydrogen) atoms. The lowest BCUT2D eigenvalue weighted by atomic mass is 10.1. The fourth-order valence-electron chi connectivity index (χ4n) is 2.85. The van der Waals surface area contributed by atoms with Crippen molar-refractivity contribution in [3.05, 3.63) is 82.3 Å². The number of ether oxygens (including phenoxy) is 2. The van der Waals surface area contributed by atoms with Gasteiger partial charge in [0.05, 0.1) is 13.2 Å². The van der Waals surface area contributed by atoms with E-state index in [1.54, 1.807) is 30.1 Å². The van der Waals surface area contributed by atoms with Gasteiger partial charge in [0.25, 0.3) is 5.56 Å². The number of hydrogen-bond donors (Lipinski definition) is 0. The maximum absolute atomic E-state index is 12.6. The molecule has 0 radical (unpaired) electrons. The molecule has 0 saturated carbocycles. The zero-order valence-corrected chi connectivity index (χ0v) is 15.0. The second-order valence-corrected chi connectivity index (χ2v) is 5.94. The van der Waals surface area contributed by atoms with Crippen molar-refractivity contribution < 1.29 is 9.47 Å². The van der Waals surface area contributed by atoms with E-state index >= 15 is 0 Å². The Kier molecular flexibility index (Phi) is 5.31. The molecule has 0 aliphatic carbocycles. The van der Waals surface area contributed by atoms with Gasteiger partial charge in [-0.15, -0.1) is 0 Å². The highest BCUT2D eigenvalue weighted by atomic mass is 16.5. The third-order valence-corrected chi connectivity index (χ3v) is 4.21. The van der Waals surface area contributed by atoms with E-state index in [9.17, 15) is 4.79 Å². The first-order valence-electron chi connectivity index (χ1n) is 8.34. The van der Waals surface area contributed by atoms with Crippen molar-refractivity contribution in [2.75, 3.05) is 7.11 Å². The van der Waals surface area contributed by atoms with Crippen LogP contribution in [-0.2, 0) is 6.61 Å². The van der Waals surface area contributed by atoms with Gasteiger partial charge in [0, 0.05) is 24.2 Å². The SMILES string of the molecule is COc1ccc([C@@H](C)n2c(C)cc(OCc3ncccn3)cc2=O)cc1. The number of benzene rings is 1. The molecule has 1 atom stereocenters. The Labute approximate surface area is 152 Å². The molecule has 6 nitrogen and oxygen atoms in total. The van der Waals surface area contributed by atoms with Gasteiger partial charge in [-0.25, -0.2) is 9.97 Å². The molecule has 0 amide bonds. The first-order valence-corrected chi connectivity index (χ1v) is 8.34. The van der Waals surface area contributed by atoms with Crippen molar-refractivity contribution in [1.29, 1.82) is 0 Å². The van der Waals surface area contributed by atoms with Crippen LogP contribution in [0.4, 0.5) is 0 Å². The lowest BCUT2D eigenvalue weighted by Gasteiger charge is -2.19. The van der Waals surface area contributed by atoms with Gasteiger partial charge in [0.2, 0.25) is 0 Å². The molecule has 0 bridgehead atoms. The Morgan fingerprint density at radius 1 is 1.08 bits per heavy atom. The number of pyridine rings is 1. The van der Waals surface area contributed by atoms with Gasteiger partial charge in [-0.1, -0.05) is 12.1 Å². The Balaban J connectivity index is 1.81. The van der Waals surface area contributed by atoms with Crippen LogP contribution in [0.25, 0.3) is 0 Å². The number of nitrogens with zero attached hydrogens (tertiary/aromatic N) is 3. The van der Waals surface area contributed by atoms with E-state index in [1.807, 2.05) is 44.2 Å². The van der Waals surface area contributed by atoms with Crippen LogP contribution in [0.5, 0.6) is 11.5 Å². The van der Waals surface area contributed by atoms with Gasteiger partial charge in [-0.05, 0) is 43.7 Å². The topological polar surface area (TPSA) is 66.2 Å². The lowest BCUT2D eigenvalue weighted by Crippen LogP contribution is -2.25. The van der Waals surface area contributed by atoms with E-state index < -0.39 is 0 Å². The van der Waals surface area contributed by atoms with E-state index in [0.29, 0.717) is 11.6 Å². The lowest BCUT2D eigenvalue weighted by molar-refractivity contribution is 0.294. The summed E-state index contributed by atoms with van der Waals surface area (Å²) in [5.74, 6) is 1.87. The molecule has 0 aliphatic rings. The zero-order valence-electron chi connectivity index (χ0n) is 15.0. The molecule has 0 saturated heterocycles. The predicted octanol–water partition coefficient (Wildman–Crippen LogP) is 3.14. The summed E-state index contributed by atoms with van der Waals surface area (Å²) in [7, 11) is 1.63. The van der Waals surface area contributed by atoms with Crippen LogP contribution in [0.2, 0.25) is 0 Å². The Hall–Kier alpha value is -3.15. The maximum Gasteiger partial charge on any atom is 0.254 e. The smallest absolute Gasteiger partial charge is 0.254 e. The minimum Gasteiger partial charge on any atom is -0.497 e. The Morgan fingerprint density at radius 2 is 1.77 bits per heavy atom. The normalized spacial score (nSPS) is 11.8. The molecule has 0 N–H and O–H groups in total. The van der Waals surface area contributed by atoms with E-state index in [-0.39, 0.29) is 18.2 Å². The average Bonchev–Trinajstić information content (AvgIpc) is 2.66. The van der Waals surface area contributed by atoms with Crippen molar-refractivity contribution in [2.45, 2.75) is 26.5 Å². The van der Waals surface area contributed by atoms with Crippen molar-refractivity contribution in [3.8, 4) is 11.5 Å². The van der Waals surface area contributed by atoms with Crippen LogP contribution in [0, 0.1) is 6.92 Å². The standard InChI is InChI=1S/C20H21N3O3/c1-14-11-18(26-13-19-21-9-4-10-22-19)12-20(24)23(14)15(2)16-5-7-17(25-3)8-6-16/h4-12,15H,13H2,1-3H3/t15-/m1/s1. The Bertz CT molecular complexity index is 921. The van der Waals surface area contributed by atoms with E-state index in [1.165, 1.54) is 6.07 Å². The molecule has 3 rings (SSSR count). The van der Waals surface area contributed by atoms with Gasteiger partial charge in [0.1, 0.15) is 18.1 Å². The van der Waals surface area contributed by atoms with E-state index in [0.717, 1.165) is 17.0 Å². The van der Waals surface area contributed by atoms with Gasteiger partial charge >= 0.3 is 0 Å². The van der Waals surface area contributed by atoms with Crippen LogP contribution in [0.15, 0.2) is 59.7 Å². The van der Waals surface area contributed by atoms with Crippen molar-refractivity contribution in [3.63, 3.8) is 0 Å². The van der Waals surface area contributed by atoms with Crippen LogP contribution >= 0.6 is 0 Å². The van der Waals surface area contributed by atoms with Crippen LogP contribution in [0.3, 0.4) is 0 Å². The molecule has 3 aromatic rings. The summed E-state index contributed by atoms with van der Waals surface area (Å²) >= 11 is 0. The summed E-state index contributed by atoms with van der Waals surface area (Å²) in [6, 6.07) is 12.7. The summed E-state index contributed by atoms with van der Waals surface area (Å²) in [5.41, 5.74) is 1.74. The van der Waals surface area contributed by atoms with E-state index in [4.69, 9.17) is 9.47 Å². The molecule has 0 spiro atoms. The minimum absolute atomic E-state index is 0.0973. The molecular formula is C20H21N3O3. The summed E-state index contributed by atoms with van der Waals surface area (Å²) in [6.07, 6.45) is 3.32. The number of aryl methyl sites for hydroxylation is 1. The predicted molar refractivity (Wildman–Crippen MR) is 98.6 cm³/mol. The third kappa shape index (κ3) is 3.91. The van der Waals surface area contributed by atoms with Gasteiger partial charge < -0.3 is 14.0 Å².